The van der Waals surface area contributed by atoms with Crippen LogP contribution in [0.5, 0.6) is 0 Å². The van der Waals surface area contributed by atoms with Crippen LogP contribution < -0.4 is 20.4 Å². The van der Waals surface area contributed by atoms with E-state index in [1.165, 1.54) is 16.0 Å². The van der Waals surface area contributed by atoms with Crippen molar-refractivity contribution < 1.29 is 19.4 Å². The van der Waals surface area contributed by atoms with Gasteiger partial charge in [0.2, 0.25) is 5.91 Å². The van der Waals surface area contributed by atoms with E-state index in [0.717, 1.165) is 39.1 Å². The molecule has 1 heterocycles. The Kier molecular flexibility index (Phi) is 7.88. The molecular formula is C19H32N4O2+2. The second-order valence-corrected chi connectivity index (χ2v) is 6.91. The predicted octanol–water partition coefficient (Wildman–Crippen LogP) is -2.08. The minimum Gasteiger partial charge on any atom is -0.355 e. The van der Waals surface area contributed by atoms with Gasteiger partial charge in [0.15, 0.2) is 6.54 Å². The molecule has 1 fully saturated rings. The molecular weight excluding hydrogens is 316 g/mol. The first-order valence-electron chi connectivity index (χ1n) is 9.33. The summed E-state index contributed by atoms with van der Waals surface area (Å²) in [6.45, 7) is 10.6. The van der Waals surface area contributed by atoms with Crippen LogP contribution in [-0.4, -0.2) is 57.6 Å². The van der Waals surface area contributed by atoms with Gasteiger partial charge in [-0.15, -0.1) is 0 Å². The number of quaternary nitrogens is 2. The fourth-order valence-electron chi connectivity index (χ4n) is 3.18. The summed E-state index contributed by atoms with van der Waals surface area (Å²) in [5.41, 5.74) is 2.77. The van der Waals surface area contributed by atoms with Crippen molar-refractivity contribution in [3.05, 3.63) is 35.4 Å². The Morgan fingerprint density at radius 2 is 1.68 bits per heavy atom. The second-order valence-electron chi connectivity index (χ2n) is 6.91. The number of rotatable bonds is 8. The van der Waals surface area contributed by atoms with Crippen LogP contribution in [0.3, 0.4) is 0 Å². The highest BCUT2D eigenvalue weighted by Gasteiger charge is 2.25. The van der Waals surface area contributed by atoms with E-state index in [4.69, 9.17) is 0 Å². The number of hydrogen-bond donors (Lipinski definition) is 4. The smallest absolute Gasteiger partial charge is 0.275 e. The number of hydrogen-bond acceptors (Lipinski definition) is 2. The van der Waals surface area contributed by atoms with Crippen molar-refractivity contribution in [3.63, 3.8) is 0 Å². The molecule has 1 aromatic carbocycles. The molecule has 2 amide bonds. The number of amides is 2. The Morgan fingerprint density at radius 1 is 1.00 bits per heavy atom. The molecule has 0 aliphatic carbocycles. The summed E-state index contributed by atoms with van der Waals surface area (Å²) >= 11 is 0. The first-order chi connectivity index (χ1) is 12.1. The van der Waals surface area contributed by atoms with Crippen molar-refractivity contribution in [2.45, 2.75) is 26.8 Å². The monoisotopic (exact) mass is 348 g/mol. The summed E-state index contributed by atoms with van der Waals surface area (Å²) in [5, 5.41) is 5.48. The van der Waals surface area contributed by atoms with Crippen LogP contribution in [0.4, 0.5) is 0 Å². The Morgan fingerprint density at radius 3 is 2.36 bits per heavy atom. The number of nitrogens with one attached hydrogen (secondary N) is 4. The fourth-order valence-corrected chi connectivity index (χ4v) is 3.18. The van der Waals surface area contributed by atoms with Crippen LogP contribution in [0.25, 0.3) is 0 Å². The number of carbonyl (C=O) groups is 2. The Balaban J connectivity index is 1.65. The number of benzene rings is 1. The molecule has 0 bridgehead atoms. The van der Waals surface area contributed by atoms with Crippen molar-refractivity contribution in [1.29, 1.82) is 0 Å². The Hall–Kier alpha value is -1.92. The Labute approximate surface area is 150 Å². The van der Waals surface area contributed by atoms with E-state index >= 15 is 0 Å². The second kappa shape index (κ2) is 10.2. The summed E-state index contributed by atoms with van der Waals surface area (Å²) in [7, 11) is 0. The zero-order valence-electron chi connectivity index (χ0n) is 15.5. The van der Waals surface area contributed by atoms with Gasteiger partial charge in [-0.05, 0) is 18.9 Å². The lowest BCUT2D eigenvalue weighted by Gasteiger charge is -2.29. The maximum Gasteiger partial charge on any atom is 0.275 e. The maximum absolute atomic E-state index is 12.0. The minimum absolute atomic E-state index is 0.0380. The molecule has 25 heavy (non-hydrogen) atoms. The van der Waals surface area contributed by atoms with E-state index in [1.807, 2.05) is 6.92 Å². The molecule has 0 saturated carbocycles. The average molecular weight is 348 g/mol. The van der Waals surface area contributed by atoms with Crippen molar-refractivity contribution >= 4 is 11.8 Å². The van der Waals surface area contributed by atoms with E-state index in [0.29, 0.717) is 13.1 Å². The lowest BCUT2D eigenvalue weighted by molar-refractivity contribution is -1.02. The van der Waals surface area contributed by atoms with E-state index in [-0.39, 0.29) is 18.4 Å². The average Bonchev–Trinajstić information content (AvgIpc) is 2.62. The zero-order chi connectivity index (χ0) is 18.1. The predicted molar refractivity (Wildman–Crippen MR) is 97.5 cm³/mol. The van der Waals surface area contributed by atoms with Gasteiger partial charge in [0.1, 0.15) is 32.7 Å². The normalized spacial score (nSPS) is 20.1. The number of carbonyl (C=O) groups excluding carboxylic acids is 2. The molecule has 1 aromatic rings. The van der Waals surface area contributed by atoms with Gasteiger partial charge in [0.25, 0.3) is 5.91 Å². The third-order valence-electron chi connectivity index (χ3n) is 4.79. The third kappa shape index (κ3) is 6.84. The van der Waals surface area contributed by atoms with E-state index in [1.54, 1.807) is 4.90 Å². The van der Waals surface area contributed by atoms with Crippen LogP contribution >= 0.6 is 0 Å². The van der Waals surface area contributed by atoms with Crippen molar-refractivity contribution in [2.75, 3.05) is 45.8 Å². The maximum atomic E-state index is 12.0. The van der Waals surface area contributed by atoms with Gasteiger partial charge < -0.3 is 20.4 Å². The first-order valence-corrected chi connectivity index (χ1v) is 9.33. The molecule has 0 radical (unpaired) electrons. The van der Waals surface area contributed by atoms with Gasteiger partial charge in [-0.1, -0.05) is 31.2 Å². The molecule has 2 rings (SSSR count). The molecule has 6 nitrogen and oxygen atoms in total. The van der Waals surface area contributed by atoms with E-state index in [9.17, 15) is 9.59 Å². The summed E-state index contributed by atoms with van der Waals surface area (Å²) in [5.74, 6) is -0.151. The molecule has 0 spiro atoms. The van der Waals surface area contributed by atoms with E-state index < -0.39 is 0 Å². The van der Waals surface area contributed by atoms with Gasteiger partial charge >= 0.3 is 0 Å². The van der Waals surface area contributed by atoms with Gasteiger partial charge in [-0.2, -0.15) is 0 Å². The Bertz CT molecular complexity index is 568. The van der Waals surface area contributed by atoms with Crippen molar-refractivity contribution in [2.24, 2.45) is 0 Å². The summed E-state index contributed by atoms with van der Waals surface area (Å²) in [6, 6.07) is 8.55. The highest BCUT2D eigenvalue weighted by molar-refractivity contribution is 5.84. The highest BCUT2D eigenvalue weighted by Crippen LogP contribution is 2.04. The van der Waals surface area contributed by atoms with Gasteiger partial charge in [-0.3, -0.25) is 9.59 Å². The number of piperazine rings is 1. The number of aryl methyl sites for hydroxylation is 1. The topological polar surface area (TPSA) is 67.1 Å². The molecule has 6 heteroatoms. The molecule has 1 aliphatic heterocycles. The van der Waals surface area contributed by atoms with Crippen LogP contribution in [0.2, 0.25) is 0 Å². The van der Waals surface area contributed by atoms with E-state index in [2.05, 4.69) is 41.8 Å². The summed E-state index contributed by atoms with van der Waals surface area (Å²) in [6.07, 6.45) is 0.902. The largest absolute Gasteiger partial charge is 0.355 e. The SMILES string of the molecule is CCCNC(=O)CNC(=O)C[NH+]1CC[NH+](Cc2ccccc2C)CC1. The molecule has 138 valence electrons. The van der Waals surface area contributed by atoms with Gasteiger partial charge in [0, 0.05) is 12.1 Å². The summed E-state index contributed by atoms with van der Waals surface area (Å²) in [4.78, 5) is 26.4. The van der Waals surface area contributed by atoms with Gasteiger partial charge in [-0.25, -0.2) is 0 Å². The first kappa shape index (κ1) is 19.4. The van der Waals surface area contributed by atoms with Crippen molar-refractivity contribution in [3.8, 4) is 0 Å². The molecule has 0 aromatic heterocycles. The van der Waals surface area contributed by atoms with Crippen LogP contribution in [0.15, 0.2) is 24.3 Å². The molecule has 1 saturated heterocycles. The third-order valence-corrected chi connectivity index (χ3v) is 4.79. The molecule has 0 atom stereocenters. The lowest BCUT2D eigenvalue weighted by atomic mass is 10.1. The molecule has 1 aliphatic rings. The van der Waals surface area contributed by atoms with Crippen molar-refractivity contribution in [1.82, 2.24) is 10.6 Å². The fraction of sp³-hybridized carbons (Fsp3) is 0.579. The molecule has 0 unspecified atom stereocenters. The van der Waals surface area contributed by atoms with Crippen LogP contribution in [-0.2, 0) is 16.1 Å². The standard InChI is InChI=1S/C19H30N4O2/c1-3-8-20-18(24)13-21-19(25)15-23-11-9-22(10-12-23)14-17-7-5-4-6-16(17)2/h4-7H,3,8-15H2,1-2H3,(H,20,24)(H,21,25)/p+2. The highest BCUT2D eigenvalue weighted by atomic mass is 16.2. The van der Waals surface area contributed by atoms with Gasteiger partial charge in [0.05, 0.1) is 6.54 Å². The lowest BCUT2D eigenvalue weighted by Crippen LogP contribution is -3.28. The van der Waals surface area contributed by atoms with Crippen LogP contribution in [0.1, 0.15) is 24.5 Å². The minimum atomic E-state index is -0.113. The summed E-state index contributed by atoms with van der Waals surface area (Å²) < 4.78 is 0. The zero-order valence-corrected chi connectivity index (χ0v) is 15.5. The molecule has 4 N–H and O–H groups in total. The quantitative estimate of drug-likeness (QED) is 0.436. The van der Waals surface area contributed by atoms with Crippen LogP contribution in [0, 0.1) is 6.92 Å².